The second-order valence-corrected chi connectivity index (χ2v) is 7.72. The van der Waals surface area contributed by atoms with Crippen molar-refractivity contribution in [1.82, 2.24) is 4.90 Å². The highest BCUT2D eigenvalue weighted by Crippen LogP contribution is 2.27. The summed E-state index contributed by atoms with van der Waals surface area (Å²) in [5.41, 5.74) is 2.15. The number of benzene rings is 2. The Balaban J connectivity index is 1.54. The molecule has 3 nitrogen and oxygen atoms in total. The van der Waals surface area contributed by atoms with Gasteiger partial charge in [-0.05, 0) is 59.1 Å². The Kier molecular flexibility index (Phi) is 5.62. The molecule has 0 unspecified atom stereocenters. The Morgan fingerprint density at radius 1 is 1.09 bits per heavy atom. The Morgan fingerprint density at radius 3 is 2.57 bits per heavy atom. The van der Waals surface area contributed by atoms with E-state index in [1.165, 1.54) is 0 Å². The monoisotopic (exact) mass is 438 g/mol. The van der Waals surface area contributed by atoms with Crippen molar-refractivity contribution < 1.29 is 5.11 Å². The van der Waals surface area contributed by atoms with Crippen molar-refractivity contribution in [3.8, 4) is 5.75 Å². The van der Waals surface area contributed by atoms with Crippen molar-refractivity contribution in [2.24, 2.45) is 0 Å². The lowest BCUT2D eigenvalue weighted by molar-refractivity contribution is 0.209. The molecule has 0 spiro atoms. The summed E-state index contributed by atoms with van der Waals surface area (Å²) in [7, 11) is 0. The summed E-state index contributed by atoms with van der Waals surface area (Å²) in [5, 5.41) is 13.6. The molecule has 5 heteroatoms. The number of likely N-dealkylation sites (tertiary alicyclic amines) is 1. The number of rotatable bonds is 4. The predicted octanol–water partition coefficient (Wildman–Crippen LogP) is 4.99. The molecule has 0 atom stereocenters. The second kappa shape index (κ2) is 7.69. The molecule has 1 fully saturated rings. The molecule has 1 aliphatic heterocycles. The van der Waals surface area contributed by atoms with Crippen LogP contribution in [0.1, 0.15) is 18.4 Å². The molecule has 3 rings (SSSR count). The van der Waals surface area contributed by atoms with E-state index in [1.807, 2.05) is 18.2 Å². The van der Waals surface area contributed by atoms with Crippen molar-refractivity contribution in [2.45, 2.75) is 25.4 Å². The van der Waals surface area contributed by atoms with Crippen LogP contribution in [0.5, 0.6) is 5.75 Å². The van der Waals surface area contributed by atoms with Crippen LogP contribution in [0.4, 0.5) is 5.69 Å². The van der Waals surface area contributed by atoms with Gasteiger partial charge < -0.3 is 10.4 Å². The normalized spacial score (nSPS) is 16.4. The van der Waals surface area contributed by atoms with E-state index in [4.69, 9.17) is 0 Å². The van der Waals surface area contributed by atoms with Crippen LogP contribution in [0.15, 0.2) is 51.4 Å². The lowest BCUT2D eigenvalue weighted by Gasteiger charge is -2.33. The number of nitrogens with zero attached hydrogens (tertiary/aromatic N) is 1. The Bertz CT molecular complexity index is 670. The van der Waals surface area contributed by atoms with E-state index in [0.717, 1.165) is 52.7 Å². The summed E-state index contributed by atoms with van der Waals surface area (Å²) in [6, 6.07) is 14.4. The second-order valence-electron chi connectivity index (χ2n) is 5.95. The SMILES string of the molecule is Oc1ccc(Br)cc1CN1CCC(Nc2ccccc2Br)CC1. The van der Waals surface area contributed by atoms with Gasteiger partial charge in [0.25, 0.3) is 0 Å². The molecule has 0 radical (unpaired) electrons. The molecule has 0 bridgehead atoms. The fourth-order valence-corrected chi connectivity index (χ4v) is 3.76. The van der Waals surface area contributed by atoms with E-state index >= 15 is 0 Å². The van der Waals surface area contributed by atoms with Crippen molar-refractivity contribution >= 4 is 37.5 Å². The Labute approximate surface area is 154 Å². The summed E-state index contributed by atoms with van der Waals surface area (Å²) in [5.74, 6) is 0.377. The number of phenols is 1. The van der Waals surface area contributed by atoms with Gasteiger partial charge in [-0.2, -0.15) is 0 Å². The van der Waals surface area contributed by atoms with Crippen LogP contribution in [0.2, 0.25) is 0 Å². The van der Waals surface area contributed by atoms with Gasteiger partial charge in [0.05, 0.1) is 0 Å². The number of anilines is 1. The highest BCUT2D eigenvalue weighted by atomic mass is 79.9. The molecule has 122 valence electrons. The average Bonchev–Trinajstić information content (AvgIpc) is 2.55. The van der Waals surface area contributed by atoms with E-state index in [1.54, 1.807) is 6.07 Å². The highest BCUT2D eigenvalue weighted by molar-refractivity contribution is 9.10. The van der Waals surface area contributed by atoms with Crippen molar-refractivity contribution in [3.05, 3.63) is 57.0 Å². The lowest BCUT2D eigenvalue weighted by Crippen LogP contribution is -2.38. The van der Waals surface area contributed by atoms with Crippen molar-refractivity contribution in [3.63, 3.8) is 0 Å². The molecule has 1 aliphatic rings. The van der Waals surface area contributed by atoms with Gasteiger partial charge in [-0.15, -0.1) is 0 Å². The summed E-state index contributed by atoms with van der Waals surface area (Å²) in [6.07, 6.45) is 2.21. The van der Waals surface area contributed by atoms with Crippen LogP contribution in [0, 0.1) is 0 Å². The number of para-hydroxylation sites is 1. The van der Waals surface area contributed by atoms with Gasteiger partial charge in [-0.1, -0.05) is 28.1 Å². The molecule has 2 N–H and O–H groups in total. The topological polar surface area (TPSA) is 35.5 Å². The van der Waals surface area contributed by atoms with Gasteiger partial charge in [-0.25, -0.2) is 0 Å². The van der Waals surface area contributed by atoms with E-state index in [2.05, 4.69) is 60.3 Å². The Morgan fingerprint density at radius 2 is 1.83 bits per heavy atom. The molecule has 1 saturated heterocycles. The first kappa shape index (κ1) is 16.8. The molecule has 1 heterocycles. The first-order valence-corrected chi connectivity index (χ1v) is 9.41. The molecule has 0 aliphatic carbocycles. The van der Waals surface area contributed by atoms with Crippen LogP contribution in [-0.4, -0.2) is 29.1 Å². The van der Waals surface area contributed by atoms with Gasteiger partial charge in [0.1, 0.15) is 5.75 Å². The van der Waals surface area contributed by atoms with Gasteiger partial charge in [-0.3, -0.25) is 4.90 Å². The zero-order valence-electron chi connectivity index (χ0n) is 12.8. The van der Waals surface area contributed by atoms with Crippen LogP contribution >= 0.6 is 31.9 Å². The first-order valence-electron chi connectivity index (χ1n) is 7.82. The maximum absolute atomic E-state index is 9.98. The third-order valence-electron chi connectivity index (χ3n) is 4.26. The molecule has 2 aromatic rings. The van der Waals surface area contributed by atoms with E-state index < -0.39 is 0 Å². The number of phenolic OH excluding ortho intramolecular Hbond substituents is 1. The van der Waals surface area contributed by atoms with Crippen molar-refractivity contribution in [2.75, 3.05) is 18.4 Å². The number of nitrogens with one attached hydrogen (secondary N) is 1. The van der Waals surface area contributed by atoms with E-state index in [9.17, 15) is 5.11 Å². The van der Waals surface area contributed by atoms with Crippen LogP contribution in [-0.2, 0) is 6.54 Å². The van der Waals surface area contributed by atoms with Crippen LogP contribution < -0.4 is 5.32 Å². The molecule has 0 aromatic heterocycles. The van der Waals surface area contributed by atoms with Gasteiger partial charge in [0.15, 0.2) is 0 Å². The van der Waals surface area contributed by atoms with E-state index in [-0.39, 0.29) is 0 Å². The van der Waals surface area contributed by atoms with Gasteiger partial charge >= 0.3 is 0 Å². The fraction of sp³-hybridized carbons (Fsp3) is 0.333. The molecular formula is C18H20Br2N2O. The zero-order chi connectivity index (χ0) is 16.2. The average molecular weight is 440 g/mol. The lowest BCUT2D eigenvalue weighted by atomic mass is 10.0. The van der Waals surface area contributed by atoms with E-state index in [0.29, 0.717) is 11.8 Å². The molecule has 23 heavy (non-hydrogen) atoms. The predicted molar refractivity (Wildman–Crippen MR) is 102 cm³/mol. The number of aromatic hydroxyl groups is 1. The summed E-state index contributed by atoms with van der Waals surface area (Å²) in [4.78, 5) is 2.40. The number of hydrogen-bond donors (Lipinski definition) is 2. The fourth-order valence-electron chi connectivity index (χ4n) is 2.96. The van der Waals surface area contributed by atoms with Crippen molar-refractivity contribution in [1.29, 1.82) is 0 Å². The highest BCUT2D eigenvalue weighted by Gasteiger charge is 2.20. The third-order valence-corrected chi connectivity index (χ3v) is 5.44. The molecular weight excluding hydrogens is 420 g/mol. The maximum Gasteiger partial charge on any atom is 0.120 e. The third kappa shape index (κ3) is 4.49. The quantitative estimate of drug-likeness (QED) is 0.703. The van der Waals surface area contributed by atoms with Gasteiger partial charge in [0.2, 0.25) is 0 Å². The van der Waals surface area contributed by atoms with Crippen LogP contribution in [0.25, 0.3) is 0 Å². The minimum absolute atomic E-state index is 0.377. The molecule has 0 amide bonds. The summed E-state index contributed by atoms with van der Waals surface area (Å²) in [6.45, 7) is 2.87. The minimum atomic E-state index is 0.377. The summed E-state index contributed by atoms with van der Waals surface area (Å²) < 4.78 is 2.12. The first-order chi connectivity index (χ1) is 11.1. The zero-order valence-corrected chi connectivity index (χ0v) is 16.0. The standard InChI is InChI=1S/C18H20Br2N2O/c19-14-5-6-18(23)13(11-14)12-22-9-7-15(8-10-22)21-17-4-2-1-3-16(17)20/h1-6,11,15,21,23H,7-10,12H2. The summed E-state index contributed by atoms with van der Waals surface area (Å²) >= 11 is 7.06. The minimum Gasteiger partial charge on any atom is -0.508 e. The number of hydrogen-bond acceptors (Lipinski definition) is 3. The van der Waals surface area contributed by atoms with Crippen LogP contribution in [0.3, 0.4) is 0 Å². The number of halogens is 2. The maximum atomic E-state index is 9.98. The number of piperidine rings is 1. The largest absolute Gasteiger partial charge is 0.508 e. The molecule has 2 aromatic carbocycles. The smallest absolute Gasteiger partial charge is 0.120 e. The Hall–Kier alpha value is -1.04. The van der Waals surface area contributed by atoms with Gasteiger partial charge in [0, 0.05) is 45.9 Å². The molecule has 0 saturated carbocycles.